The van der Waals surface area contributed by atoms with E-state index in [1.54, 1.807) is 12.4 Å². The largest absolute Gasteiger partial charge is 0.465 e. The van der Waals surface area contributed by atoms with E-state index in [0.717, 1.165) is 29.7 Å². The Kier molecular flexibility index (Phi) is 2.21. The van der Waals surface area contributed by atoms with Gasteiger partial charge in [-0.05, 0) is 30.0 Å². The molecule has 0 atom stereocenters. The molecular weight excluding hydrogens is 216 g/mol. The minimum absolute atomic E-state index is 0.278. The molecule has 17 heavy (non-hydrogen) atoms. The van der Waals surface area contributed by atoms with Crippen LogP contribution in [0.2, 0.25) is 0 Å². The van der Waals surface area contributed by atoms with Gasteiger partial charge in [-0.1, -0.05) is 0 Å². The van der Waals surface area contributed by atoms with Gasteiger partial charge in [0.15, 0.2) is 0 Å². The number of aromatic nitrogens is 2. The first-order valence-corrected chi connectivity index (χ1v) is 5.53. The fourth-order valence-corrected chi connectivity index (χ4v) is 2.38. The summed E-state index contributed by atoms with van der Waals surface area (Å²) in [4.78, 5) is 18.9. The SMILES string of the molecule is COC(=O)c1c[nH]c2c1CCc1cnccc1-2. The number of methoxy groups -OCH3 is 1. The predicted molar refractivity (Wildman–Crippen MR) is 62.8 cm³/mol. The van der Waals surface area contributed by atoms with Crippen LogP contribution >= 0.6 is 0 Å². The zero-order chi connectivity index (χ0) is 11.8. The number of esters is 1. The molecule has 3 rings (SSSR count). The maximum absolute atomic E-state index is 11.6. The smallest absolute Gasteiger partial charge is 0.339 e. The number of H-pyrrole nitrogens is 1. The minimum Gasteiger partial charge on any atom is -0.465 e. The molecule has 86 valence electrons. The van der Waals surface area contributed by atoms with E-state index >= 15 is 0 Å². The molecule has 1 N–H and O–H groups in total. The van der Waals surface area contributed by atoms with Crippen molar-refractivity contribution < 1.29 is 9.53 Å². The van der Waals surface area contributed by atoms with Crippen LogP contribution in [0, 0.1) is 0 Å². The van der Waals surface area contributed by atoms with E-state index in [2.05, 4.69) is 9.97 Å². The van der Waals surface area contributed by atoms with Crippen molar-refractivity contribution in [2.24, 2.45) is 0 Å². The zero-order valence-corrected chi connectivity index (χ0v) is 9.49. The molecule has 0 saturated carbocycles. The highest BCUT2D eigenvalue weighted by molar-refractivity contribution is 5.94. The number of nitrogens with one attached hydrogen (secondary N) is 1. The number of fused-ring (bicyclic) bond motifs is 3. The summed E-state index contributed by atoms with van der Waals surface area (Å²) in [6.07, 6.45) is 7.15. The van der Waals surface area contributed by atoms with E-state index in [1.165, 1.54) is 12.7 Å². The Morgan fingerprint density at radius 1 is 1.47 bits per heavy atom. The third-order valence-corrected chi connectivity index (χ3v) is 3.21. The molecule has 2 heterocycles. The Hall–Kier alpha value is -2.10. The lowest BCUT2D eigenvalue weighted by atomic mass is 9.90. The maximum atomic E-state index is 11.6. The Morgan fingerprint density at radius 2 is 2.35 bits per heavy atom. The van der Waals surface area contributed by atoms with Crippen LogP contribution in [0.3, 0.4) is 0 Å². The van der Waals surface area contributed by atoms with Crippen molar-refractivity contribution in [1.82, 2.24) is 9.97 Å². The molecule has 0 saturated heterocycles. The molecule has 0 unspecified atom stereocenters. The lowest BCUT2D eigenvalue weighted by Crippen LogP contribution is -2.08. The topological polar surface area (TPSA) is 55.0 Å². The van der Waals surface area contributed by atoms with E-state index in [4.69, 9.17) is 4.74 Å². The number of carbonyl (C=O) groups excluding carboxylic acids is 1. The number of hydrogen-bond donors (Lipinski definition) is 1. The van der Waals surface area contributed by atoms with Crippen molar-refractivity contribution in [3.63, 3.8) is 0 Å². The van der Waals surface area contributed by atoms with Crippen LogP contribution in [0.25, 0.3) is 11.3 Å². The van der Waals surface area contributed by atoms with Crippen LogP contribution in [-0.4, -0.2) is 23.0 Å². The molecule has 1 aliphatic rings. The fraction of sp³-hybridized carbons (Fsp3) is 0.231. The van der Waals surface area contributed by atoms with Gasteiger partial charge in [-0.2, -0.15) is 0 Å². The van der Waals surface area contributed by atoms with Crippen molar-refractivity contribution in [2.45, 2.75) is 12.8 Å². The molecule has 0 aliphatic heterocycles. The molecule has 0 amide bonds. The Labute approximate surface area is 98.6 Å². The molecule has 4 nitrogen and oxygen atoms in total. The lowest BCUT2D eigenvalue weighted by molar-refractivity contribution is 0.0600. The summed E-state index contributed by atoms with van der Waals surface area (Å²) in [5.41, 5.74) is 5.07. The molecule has 0 aromatic carbocycles. The van der Waals surface area contributed by atoms with Gasteiger partial charge in [-0.25, -0.2) is 4.79 Å². The van der Waals surface area contributed by atoms with Crippen LogP contribution in [0.1, 0.15) is 21.5 Å². The molecular formula is C13H12N2O2. The first kappa shape index (κ1) is 10.1. The van der Waals surface area contributed by atoms with Gasteiger partial charge < -0.3 is 9.72 Å². The van der Waals surface area contributed by atoms with E-state index < -0.39 is 0 Å². The van der Waals surface area contributed by atoms with Crippen LogP contribution in [-0.2, 0) is 17.6 Å². The molecule has 0 bridgehead atoms. The average molecular weight is 228 g/mol. The van der Waals surface area contributed by atoms with Gasteiger partial charge in [-0.15, -0.1) is 0 Å². The molecule has 0 spiro atoms. The highest BCUT2D eigenvalue weighted by Crippen LogP contribution is 2.33. The van der Waals surface area contributed by atoms with Crippen molar-refractivity contribution in [3.05, 3.63) is 41.3 Å². The van der Waals surface area contributed by atoms with E-state index in [-0.39, 0.29) is 5.97 Å². The number of carbonyl (C=O) groups is 1. The Bertz CT molecular complexity index is 587. The number of rotatable bonds is 1. The number of aromatic amines is 1. The third kappa shape index (κ3) is 1.45. The number of aryl methyl sites for hydroxylation is 1. The molecule has 4 heteroatoms. The van der Waals surface area contributed by atoms with Gasteiger partial charge in [0.1, 0.15) is 0 Å². The molecule has 1 aliphatic carbocycles. The third-order valence-electron chi connectivity index (χ3n) is 3.21. The van der Waals surface area contributed by atoms with Crippen molar-refractivity contribution in [1.29, 1.82) is 0 Å². The van der Waals surface area contributed by atoms with Gasteiger partial charge in [0, 0.05) is 29.8 Å². The molecule has 2 aromatic heterocycles. The standard InChI is InChI=1S/C13H12N2O2/c1-17-13(16)11-7-15-12-9-4-5-14-6-8(9)2-3-10(11)12/h4-7,15H,2-3H2,1H3. The maximum Gasteiger partial charge on any atom is 0.339 e. The number of pyridine rings is 1. The second-order valence-electron chi connectivity index (χ2n) is 4.08. The Morgan fingerprint density at radius 3 is 3.18 bits per heavy atom. The van der Waals surface area contributed by atoms with E-state index in [0.29, 0.717) is 5.56 Å². The molecule has 0 fully saturated rings. The summed E-state index contributed by atoms with van der Waals surface area (Å²) < 4.78 is 4.78. The van der Waals surface area contributed by atoms with Crippen LogP contribution in [0.5, 0.6) is 0 Å². The summed E-state index contributed by atoms with van der Waals surface area (Å²) in [5.74, 6) is -0.278. The summed E-state index contributed by atoms with van der Waals surface area (Å²) in [7, 11) is 1.41. The van der Waals surface area contributed by atoms with Crippen molar-refractivity contribution >= 4 is 5.97 Å². The summed E-state index contributed by atoms with van der Waals surface area (Å²) >= 11 is 0. The monoisotopic (exact) mass is 228 g/mol. The lowest BCUT2D eigenvalue weighted by Gasteiger charge is -2.16. The fourth-order valence-electron chi connectivity index (χ4n) is 2.38. The average Bonchev–Trinajstić information content (AvgIpc) is 2.82. The quantitative estimate of drug-likeness (QED) is 0.759. The summed E-state index contributed by atoms with van der Waals surface area (Å²) in [6.45, 7) is 0. The van der Waals surface area contributed by atoms with Crippen LogP contribution < -0.4 is 0 Å². The summed E-state index contributed by atoms with van der Waals surface area (Å²) in [6, 6.07) is 1.98. The van der Waals surface area contributed by atoms with Gasteiger partial charge in [0.2, 0.25) is 0 Å². The highest BCUT2D eigenvalue weighted by Gasteiger charge is 2.23. The zero-order valence-electron chi connectivity index (χ0n) is 9.49. The second kappa shape index (κ2) is 3.73. The van der Waals surface area contributed by atoms with Crippen LogP contribution in [0.4, 0.5) is 0 Å². The van der Waals surface area contributed by atoms with Gasteiger partial charge >= 0.3 is 5.97 Å². The van der Waals surface area contributed by atoms with Gasteiger partial charge in [-0.3, -0.25) is 4.98 Å². The molecule has 2 aromatic rings. The molecule has 0 radical (unpaired) electrons. The first-order chi connectivity index (χ1) is 8.31. The first-order valence-electron chi connectivity index (χ1n) is 5.53. The number of ether oxygens (including phenoxy) is 1. The predicted octanol–water partition coefficient (Wildman–Crippen LogP) is 1.96. The Balaban J connectivity index is 2.16. The van der Waals surface area contributed by atoms with Crippen molar-refractivity contribution in [2.75, 3.05) is 7.11 Å². The van der Waals surface area contributed by atoms with E-state index in [1.807, 2.05) is 12.3 Å². The highest BCUT2D eigenvalue weighted by atomic mass is 16.5. The second-order valence-corrected chi connectivity index (χ2v) is 4.08. The number of hydrogen-bond acceptors (Lipinski definition) is 3. The summed E-state index contributed by atoms with van der Waals surface area (Å²) in [5, 5.41) is 0. The van der Waals surface area contributed by atoms with Gasteiger partial charge in [0.05, 0.1) is 12.7 Å². The normalized spacial score (nSPS) is 12.8. The van der Waals surface area contributed by atoms with Crippen LogP contribution in [0.15, 0.2) is 24.7 Å². The van der Waals surface area contributed by atoms with E-state index in [9.17, 15) is 4.79 Å². The van der Waals surface area contributed by atoms with Gasteiger partial charge in [0.25, 0.3) is 0 Å². The van der Waals surface area contributed by atoms with Crippen molar-refractivity contribution in [3.8, 4) is 11.3 Å². The minimum atomic E-state index is -0.278. The number of nitrogens with zero attached hydrogens (tertiary/aromatic N) is 1.